The first kappa shape index (κ1) is 9.40. The topological polar surface area (TPSA) is 57.8 Å². The predicted octanol–water partition coefficient (Wildman–Crippen LogP) is 0.782. The summed E-state index contributed by atoms with van der Waals surface area (Å²) >= 11 is 0. The lowest BCUT2D eigenvalue weighted by Crippen LogP contribution is -2.28. The maximum Gasteiger partial charge on any atom is 0.183 e. The summed E-state index contributed by atoms with van der Waals surface area (Å²) in [4.78, 5) is 18.2. The highest BCUT2D eigenvalue weighted by molar-refractivity contribution is 5.94. The Balaban J connectivity index is 1.87. The Kier molecular flexibility index (Phi) is 2.93. The van der Waals surface area contributed by atoms with Gasteiger partial charge in [-0.25, -0.2) is 4.98 Å². The van der Waals surface area contributed by atoms with Crippen molar-refractivity contribution in [2.45, 2.75) is 19.3 Å². The van der Waals surface area contributed by atoms with Gasteiger partial charge in [-0.15, -0.1) is 0 Å². The van der Waals surface area contributed by atoms with Crippen LogP contribution in [0.5, 0.6) is 0 Å². The highest BCUT2D eigenvalue weighted by Crippen LogP contribution is 2.17. The van der Waals surface area contributed by atoms with Gasteiger partial charge in [0.25, 0.3) is 0 Å². The van der Waals surface area contributed by atoms with Crippen LogP contribution >= 0.6 is 0 Å². The monoisotopic (exact) mass is 192 g/mol. The second kappa shape index (κ2) is 4.37. The summed E-state index contributed by atoms with van der Waals surface area (Å²) in [6.07, 6.45) is 6.97. The van der Waals surface area contributed by atoms with Crippen LogP contribution in [0.15, 0.2) is 6.20 Å². The first-order valence-corrected chi connectivity index (χ1v) is 5.01. The van der Waals surface area contributed by atoms with Crippen LogP contribution in [-0.2, 0) is 0 Å². The highest BCUT2D eigenvalue weighted by Gasteiger charge is 2.18. The summed E-state index contributed by atoms with van der Waals surface area (Å²) in [6.45, 7) is 2.06. The number of hydrogen-bond acceptors (Lipinski definition) is 3. The number of H-pyrrole nitrogens is 1. The molecule has 2 rings (SSSR count). The Morgan fingerprint density at radius 2 is 2.36 bits per heavy atom. The summed E-state index contributed by atoms with van der Waals surface area (Å²) < 4.78 is 0. The molecular weight excluding hydrogens is 178 g/mol. The van der Waals surface area contributed by atoms with Gasteiger partial charge >= 0.3 is 0 Å². The number of piperidine rings is 1. The molecule has 75 valence electrons. The molecule has 0 amide bonds. The summed E-state index contributed by atoms with van der Waals surface area (Å²) in [6, 6.07) is 0. The van der Waals surface area contributed by atoms with Crippen molar-refractivity contribution in [2.24, 2.45) is 5.92 Å². The smallest absolute Gasteiger partial charge is 0.183 e. The minimum atomic E-state index is 0.134. The van der Waals surface area contributed by atoms with E-state index < -0.39 is 0 Å². The van der Waals surface area contributed by atoms with Crippen LogP contribution in [0.2, 0.25) is 0 Å². The van der Waals surface area contributed by atoms with Crippen LogP contribution in [0.25, 0.3) is 0 Å². The number of imidazole rings is 1. The molecule has 0 aliphatic carbocycles. The molecular formula is C10H14N3O. The van der Waals surface area contributed by atoms with Gasteiger partial charge in [0.1, 0.15) is 5.69 Å². The number of rotatable bonds is 3. The minimum Gasteiger partial charge on any atom is -0.341 e. The number of nitrogens with one attached hydrogen (secondary N) is 2. The van der Waals surface area contributed by atoms with Crippen LogP contribution in [0.1, 0.15) is 29.8 Å². The Bertz CT molecular complexity index is 288. The Morgan fingerprint density at radius 1 is 1.57 bits per heavy atom. The fourth-order valence-electron chi connectivity index (χ4n) is 1.82. The summed E-state index contributed by atoms with van der Waals surface area (Å²) in [7, 11) is 0. The number of carbonyl (C=O) groups is 1. The van der Waals surface area contributed by atoms with Gasteiger partial charge in [-0.2, -0.15) is 0 Å². The number of aromatic amines is 1. The van der Waals surface area contributed by atoms with E-state index in [-0.39, 0.29) is 5.78 Å². The number of ketones is 1. The predicted molar refractivity (Wildman–Crippen MR) is 52.0 cm³/mol. The molecule has 1 radical (unpaired) electrons. The fourth-order valence-corrected chi connectivity index (χ4v) is 1.82. The molecule has 4 nitrogen and oxygen atoms in total. The van der Waals surface area contributed by atoms with Crippen molar-refractivity contribution in [1.82, 2.24) is 15.3 Å². The van der Waals surface area contributed by atoms with Crippen LogP contribution in [0.4, 0.5) is 0 Å². The van der Waals surface area contributed by atoms with Gasteiger partial charge in [0.05, 0.1) is 0 Å². The summed E-state index contributed by atoms with van der Waals surface area (Å²) in [5.74, 6) is 0.662. The lowest BCUT2D eigenvalue weighted by Gasteiger charge is -2.21. The third-order valence-corrected chi connectivity index (χ3v) is 2.67. The van der Waals surface area contributed by atoms with E-state index in [1.165, 1.54) is 0 Å². The van der Waals surface area contributed by atoms with E-state index in [1.807, 2.05) is 0 Å². The van der Waals surface area contributed by atoms with Crippen LogP contribution in [0, 0.1) is 12.2 Å². The molecule has 1 aliphatic heterocycles. The van der Waals surface area contributed by atoms with Gasteiger partial charge in [-0.05, 0) is 31.8 Å². The van der Waals surface area contributed by atoms with Crippen molar-refractivity contribution in [3.05, 3.63) is 18.2 Å². The lowest BCUT2D eigenvalue weighted by molar-refractivity contribution is 0.0948. The van der Waals surface area contributed by atoms with Crippen LogP contribution in [0.3, 0.4) is 0 Å². The van der Waals surface area contributed by atoms with E-state index in [0.29, 0.717) is 18.0 Å². The normalized spacial score (nSPS) is 18.3. The molecule has 1 aromatic heterocycles. The molecule has 14 heavy (non-hydrogen) atoms. The molecule has 0 atom stereocenters. The van der Waals surface area contributed by atoms with Crippen LogP contribution in [-0.4, -0.2) is 28.8 Å². The fraction of sp³-hybridized carbons (Fsp3) is 0.600. The summed E-state index contributed by atoms with van der Waals surface area (Å²) in [5.41, 5.74) is 0.517. The van der Waals surface area contributed by atoms with E-state index >= 15 is 0 Å². The van der Waals surface area contributed by atoms with Gasteiger partial charge in [-0.3, -0.25) is 4.79 Å². The number of Topliss-reactive ketones (excluding diaryl/α,β-unsaturated/α-hetero) is 1. The van der Waals surface area contributed by atoms with Gasteiger partial charge < -0.3 is 10.3 Å². The standard InChI is InChI=1S/C10H14N3O/c14-10(9-6-12-7-13-9)5-8-1-3-11-4-2-8/h6,8,11H,1-5H2,(H,12,13). The van der Waals surface area contributed by atoms with Crippen LogP contribution < -0.4 is 5.32 Å². The number of carbonyl (C=O) groups excluding carboxylic acids is 1. The average Bonchev–Trinajstić information content (AvgIpc) is 2.72. The van der Waals surface area contributed by atoms with Crippen molar-refractivity contribution >= 4 is 5.78 Å². The molecule has 0 unspecified atom stereocenters. The molecule has 0 aromatic carbocycles. The third-order valence-electron chi connectivity index (χ3n) is 2.67. The van der Waals surface area contributed by atoms with E-state index in [0.717, 1.165) is 25.9 Å². The van der Waals surface area contributed by atoms with E-state index in [2.05, 4.69) is 21.6 Å². The second-order valence-electron chi connectivity index (χ2n) is 3.72. The number of hydrogen-bond donors (Lipinski definition) is 2. The van der Waals surface area contributed by atoms with E-state index in [9.17, 15) is 4.79 Å². The first-order chi connectivity index (χ1) is 6.86. The molecule has 0 spiro atoms. The maximum atomic E-state index is 11.7. The molecule has 4 heteroatoms. The largest absolute Gasteiger partial charge is 0.341 e. The van der Waals surface area contributed by atoms with Gasteiger partial charge in [0, 0.05) is 12.6 Å². The average molecular weight is 192 g/mol. The lowest BCUT2D eigenvalue weighted by atomic mass is 9.92. The number of aromatic nitrogens is 2. The quantitative estimate of drug-likeness (QED) is 0.696. The zero-order valence-corrected chi connectivity index (χ0v) is 8.05. The first-order valence-electron chi connectivity index (χ1n) is 5.01. The van der Waals surface area contributed by atoms with Crippen molar-refractivity contribution in [1.29, 1.82) is 0 Å². The van der Waals surface area contributed by atoms with Gasteiger partial charge in [-0.1, -0.05) is 0 Å². The molecule has 1 aromatic rings. The Labute approximate surface area is 83.1 Å². The molecule has 0 saturated carbocycles. The van der Waals surface area contributed by atoms with Crippen molar-refractivity contribution in [3.63, 3.8) is 0 Å². The zero-order valence-electron chi connectivity index (χ0n) is 8.05. The van der Waals surface area contributed by atoms with Crippen molar-refractivity contribution in [3.8, 4) is 0 Å². The van der Waals surface area contributed by atoms with Gasteiger partial charge in [0.15, 0.2) is 12.1 Å². The minimum absolute atomic E-state index is 0.134. The molecule has 0 bridgehead atoms. The number of nitrogens with zero attached hydrogens (tertiary/aromatic N) is 1. The molecule has 1 saturated heterocycles. The Hall–Kier alpha value is -1.16. The summed E-state index contributed by atoms with van der Waals surface area (Å²) in [5, 5.41) is 3.28. The SMILES string of the molecule is O=C(CC1CCNCC1)c1c[nH][c]n1. The molecule has 2 heterocycles. The maximum absolute atomic E-state index is 11.7. The molecule has 2 N–H and O–H groups in total. The van der Waals surface area contributed by atoms with Crippen molar-refractivity contribution in [2.75, 3.05) is 13.1 Å². The second-order valence-corrected chi connectivity index (χ2v) is 3.72. The highest BCUT2D eigenvalue weighted by atomic mass is 16.1. The van der Waals surface area contributed by atoms with E-state index in [1.54, 1.807) is 6.20 Å². The Morgan fingerprint density at radius 3 is 3.00 bits per heavy atom. The molecule has 1 fully saturated rings. The molecule has 1 aliphatic rings. The zero-order chi connectivity index (χ0) is 9.80. The van der Waals surface area contributed by atoms with E-state index in [4.69, 9.17) is 0 Å². The van der Waals surface area contributed by atoms with Gasteiger partial charge in [0.2, 0.25) is 0 Å². The third kappa shape index (κ3) is 2.20. The van der Waals surface area contributed by atoms with Crippen molar-refractivity contribution < 1.29 is 4.79 Å².